The van der Waals surface area contributed by atoms with E-state index in [-0.39, 0.29) is 0 Å². The zero-order valence-electron chi connectivity index (χ0n) is 6.98. The first-order valence-corrected chi connectivity index (χ1v) is 4.69. The minimum absolute atomic E-state index is 0.815. The summed E-state index contributed by atoms with van der Waals surface area (Å²) in [4.78, 5) is 0. The molecule has 4 atom stereocenters. The van der Waals surface area contributed by atoms with E-state index >= 15 is 0 Å². The van der Waals surface area contributed by atoms with E-state index in [1.807, 2.05) is 0 Å². The molecule has 0 aromatic carbocycles. The molecule has 0 radical (unpaired) electrons. The number of rotatable bonds is 1. The van der Waals surface area contributed by atoms with Crippen LogP contribution in [-0.4, -0.2) is 0 Å². The Labute approximate surface area is 63.0 Å². The third-order valence-corrected chi connectivity index (χ3v) is 4.97. The molecule has 10 heavy (non-hydrogen) atoms. The van der Waals surface area contributed by atoms with Crippen LogP contribution in [0.25, 0.3) is 0 Å². The lowest BCUT2D eigenvalue weighted by atomic mass is 9.72. The Morgan fingerprint density at radius 1 is 1.30 bits per heavy atom. The topological polar surface area (TPSA) is 0 Å². The van der Waals surface area contributed by atoms with Crippen LogP contribution in [0.5, 0.6) is 0 Å². The molecule has 0 spiro atoms. The molecule has 0 amide bonds. The van der Waals surface area contributed by atoms with Gasteiger partial charge < -0.3 is 0 Å². The van der Waals surface area contributed by atoms with Crippen molar-refractivity contribution in [3.05, 3.63) is 0 Å². The number of hydrogen-bond donors (Lipinski definition) is 0. The fourth-order valence-corrected chi connectivity index (χ4v) is 3.54. The van der Waals surface area contributed by atoms with Crippen molar-refractivity contribution in [1.82, 2.24) is 0 Å². The van der Waals surface area contributed by atoms with E-state index in [1.54, 1.807) is 19.3 Å². The molecule has 4 unspecified atom stereocenters. The molecule has 0 nitrogen and oxygen atoms in total. The highest BCUT2D eigenvalue weighted by atomic mass is 14.8. The zero-order valence-corrected chi connectivity index (χ0v) is 6.98. The van der Waals surface area contributed by atoms with Crippen molar-refractivity contribution in [2.75, 3.05) is 0 Å². The molecule has 0 aromatic rings. The predicted molar refractivity (Wildman–Crippen MR) is 41.7 cm³/mol. The minimum atomic E-state index is 0.815. The minimum Gasteiger partial charge on any atom is -0.0619 e. The Morgan fingerprint density at radius 3 is 2.10 bits per heavy atom. The first kappa shape index (κ1) is 5.62. The second-order valence-corrected chi connectivity index (χ2v) is 5.12. The fraction of sp³-hybridized carbons (Fsp3) is 1.00. The molecule has 3 rings (SSSR count). The normalized spacial score (nSPS) is 70.2. The fourth-order valence-electron chi connectivity index (χ4n) is 3.54. The molecule has 0 N–H and O–H groups in total. The zero-order chi connectivity index (χ0) is 6.98. The average Bonchev–Trinajstić information content (AvgIpc) is 2.55. The summed E-state index contributed by atoms with van der Waals surface area (Å²) in [5.41, 5.74) is 1.72. The van der Waals surface area contributed by atoms with E-state index in [0.717, 1.165) is 16.7 Å². The van der Waals surface area contributed by atoms with Crippen LogP contribution >= 0.6 is 0 Å². The summed E-state index contributed by atoms with van der Waals surface area (Å²) in [5.74, 6) is 2.24. The van der Waals surface area contributed by atoms with Crippen LogP contribution < -0.4 is 0 Å². The van der Waals surface area contributed by atoms with Gasteiger partial charge in [-0.15, -0.1) is 0 Å². The van der Waals surface area contributed by atoms with E-state index in [2.05, 4.69) is 13.8 Å². The standard InChI is InChI=1S/C10H16/c1-7-5-9(7,2)10-4-3-8(10)6-10/h7-8H,3-6H2,1-2H3. The van der Waals surface area contributed by atoms with Gasteiger partial charge in [0.05, 0.1) is 0 Å². The van der Waals surface area contributed by atoms with Gasteiger partial charge in [-0.2, -0.15) is 0 Å². The summed E-state index contributed by atoms with van der Waals surface area (Å²) in [5, 5.41) is 0. The Morgan fingerprint density at radius 2 is 2.00 bits per heavy atom. The van der Waals surface area contributed by atoms with Crippen molar-refractivity contribution in [3.63, 3.8) is 0 Å². The molecule has 0 heteroatoms. The van der Waals surface area contributed by atoms with Gasteiger partial charge in [0.25, 0.3) is 0 Å². The van der Waals surface area contributed by atoms with Gasteiger partial charge in [0.15, 0.2) is 0 Å². The van der Waals surface area contributed by atoms with Crippen molar-refractivity contribution in [3.8, 4) is 0 Å². The highest BCUT2D eigenvalue weighted by Gasteiger charge is 2.75. The highest BCUT2D eigenvalue weighted by molar-refractivity contribution is 5.24. The molecule has 0 aromatic heterocycles. The average molecular weight is 136 g/mol. The summed E-state index contributed by atoms with van der Waals surface area (Å²) < 4.78 is 0. The maximum Gasteiger partial charge on any atom is -0.0209 e. The van der Waals surface area contributed by atoms with Crippen molar-refractivity contribution in [2.24, 2.45) is 22.7 Å². The van der Waals surface area contributed by atoms with Gasteiger partial charge in [0.1, 0.15) is 0 Å². The van der Waals surface area contributed by atoms with E-state index in [9.17, 15) is 0 Å². The van der Waals surface area contributed by atoms with Crippen LogP contribution in [-0.2, 0) is 0 Å². The van der Waals surface area contributed by atoms with E-state index in [0.29, 0.717) is 0 Å². The number of hydrogen-bond acceptors (Lipinski definition) is 0. The van der Waals surface area contributed by atoms with Crippen LogP contribution in [0.1, 0.15) is 39.5 Å². The SMILES string of the molecule is CC1CC1(C)C12CCC1C2. The van der Waals surface area contributed by atoms with Crippen LogP contribution in [0.15, 0.2) is 0 Å². The van der Waals surface area contributed by atoms with Gasteiger partial charge in [0.2, 0.25) is 0 Å². The summed E-state index contributed by atoms with van der Waals surface area (Å²) in [6.07, 6.45) is 6.25. The first-order chi connectivity index (χ1) is 4.69. The molecule has 56 valence electrons. The molecule has 0 aliphatic heterocycles. The molecule has 3 saturated carbocycles. The largest absolute Gasteiger partial charge is 0.0619 e. The van der Waals surface area contributed by atoms with Gasteiger partial charge in [-0.3, -0.25) is 0 Å². The maximum absolute atomic E-state index is 2.52. The second kappa shape index (κ2) is 1.19. The lowest BCUT2D eigenvalue weighted by Gasteiger charge is -2.32. The summed E-state index contributed by atoms with van der Waals surface area (Å²) in [6.45, 7) is 4.96. The van der Waals surface area contributed by atoms with Gasteiger partial charge in [-0.25, -0.2) is 0 Å². The van der Waals surface area contributed by atoms with Gasteiger partial charge in [-0.05, 0) is 48.3 Å². The van der Waals surface area contributed by atoms with Crippen molar-refractivity contribution in [2.45, 2.75) is 39.5 Å². The Balaban J connectivity index is 1.89. The van der Waals surface area contributed by atoms with Crippen LogP contribution in [0.4, 0.5) is 0 Å². The Kier molecular flexibility index (Phi) is 0.669. The lowest BCUT2D eigenvalue weighted by molar-refractivity contribution is 0.163. The summed E-state index contributed by atoms with van der Waals surface area (Å²) in [7, 11) is 0. The van der Waals surface area contributed by atoms with Crippen molar-refractivity contribution < 1.29 is 0 Å². The molecule has 0 saturated heterocycles. The quantitative estimate of drug-likeness (QED) is 0.520. The second-order valence-electron chi connectivity index (χ2n) is 5.12. The van der Waals surface area contributed by atoms with E-state index < -0.39 is 0 Å². The third kappa shape index (κ3) is 0.360. The Bertz CT molecular complexity index is 181. The summed E-state index contributed by atoms with van der Waals surface area (Å²) in [6, 6.07) is 0. The van der Waals surface area contributed by atoms with E-state index in [4.69, 9.17) is 0 Å². The van der Waals surface area contributed by atoms with Crippen molar-refractivity contribution in [1.29, 1.82) is 0 Å². The van der Waals surface area contributed by atoms with Gasteiger partial charge in [0, 0.05) is 0 Å². The Hall–Kier alpha value is 0. The van der Waals surface area contributed by atoms with Crippen molar-refractivity contribution >= 4 is 0 Å². The monoisotopic (exact) mass is 136 g/mol. The van der Waals surface area contributed by atoms with Gasteiger partial charge >= 0.3 is 0 Å². The predicted octanol–water partition coefficient (Wildman–Crippen LogP) is 2.83. The van der Waals surface area contributed by atoms with Crippen LogP contribution in [0.3, 0.4) is 0 Å². The lowest BCUT2D eigenvalue weighted by Crippen LogP contribution is -2.25. The summed E-state index contributed by atoms with van der Waals surface area (Å²) >= 11 is 0. The molecular formula is C10H16. The highest BCUT2D eigenvalue weighted by Crippen LogP contribution is 2.83. The molecule has 0 heterocycles. The molecule has 3 aliphatic rings. The van der Waals surface area contributed by atoms with Gasteiger partial charge in [-0.1, -0.05) is 13.8 Å². The first-order valence-electron chi connectivity index (χ1n) is 4.69. The smallest absolute Gasteiger partial charge is 0.0209 e. The third-order valence-electron chi connectivity index (χ3n) is 4.97. The molecule has 3 fully saturated rings. The maximum atomic E-state index is 2.52. The number of fused-ring (bicyclic) bond motifs is 1. The van der Waals surface area contributed by atoms with Crippen LogP contribution in [0.2, 0.25) is 0 Å². The van der Waals surface area contributed by atoms with E-state index in [1.165, 1.54) is 12.3 Å². The van der Waals surface area contributed by atoms with Crippen LogP contribution in [0, 0.1) is 22.7 Å². The molecule has 0 bridgehead atoms. The molecular weight excluding hydrogens is 120 g/mol. The molecule has 3 aliphatic carbocycles.